The van der Waals surface area contributed by atoms with Crippen LogP contribution in [0.5, 0.6) is 0 Å². The molecule has 0 aliphatic carbocycles. The third-order valence-electron chi connectivity index (χ3n) is 1.70. The Kier molecular flexibility index (Phi) is 3.52. The van der Waals surface area contributed by atoms with E-state index in [0.29, 0.717) is 17.8 Å². The van der Waals surface area contributed by atoms with Gasteiger partial charge in [-0.2, -0.15) is 0 Å². The molecule has 3 nitrogen and oxygen atoms in total. The second-order valence-electron chi connectivity index (χ2n) is 2.71. The second-order valence-corrected chi connectivity index (χ2v) is 2.71. The zero-order valence-electron chi connectivity index (χ0n) is 7.26. The van der Waals surface area contributed by atoms with Gasteiger partial charge in [0.25, 0.3) is 0 Å². The lowest BCUT2D eigenvalue weighted by atomic mass is 10.2. The number of rotatable bonds is 4. The highest BCUT2D eigenvalue weighted by molar-refractivity contribution is 5.66. The Labute approximate surface area is 76.4 Å². The highest BCUT2D eigenvalue weighted by Gasteiger charge is 1.99. The fourth-order valence-electron chi connectivity index (χ4n) is 1.05. The molecule has 0 atom stereocenters. The molecular weight excluding hydrogens is 171 g/mol. The topological polar surface area (TPSA) is 58.3 Å². The van der Waals surface area contributed by atoms with Gasteiger partial charge in [-0.15, -0.1) is 0 Å². The van der Waals surface area contributed by atoms with E-state index in [2.05, 4.69) is 5.32 Å². The number of anilines is 2. The van der Waals surface area contributed by atoms with E-state index >= 15 is 0 Å². The maximum absolute atomic E-state index is 12.2. The van der Waals surface area contributed by atoms with Crippen molar-refractivity contribution in [3.05, 3.63) is 23.8 Å². The van der Waals surface area contributed by atoms with Gasteiger partial charge in [0.15, 0.2) is 0 Å². The maximum Gasteiger partial charge on any atom is 0.115 e. The molecule has 0 aromatic heterocycles. The van der Waals surface area contributed by atoms with Gasteiger partial charge < -0.3 is 16.2 Å². The van der Waals surface area contributed by atoms with Crippen LogP contribution in [0.4, 0.5) is 15.8 Å². The molecule has 0 fully saturated rings. The molecule has 0 saturated heterocycles. The molecule has 0 radical (unpaired) electrons. The third-order valence-corrected chi connectivity index (χ3v) is 1.70. The molecule has 0 aliphatic rings. The van der Waals surface area contributed by atoms with Crippen LogP contribution in [0.15, 0.2) is 18.2 Å². The van der Waals surface area contributed by atoms with Crippen LogP contribution >= 0.6 is 0 Å². The number of aliphatic hydroxyl groups is 1. The zero-order chi connectivity index (χ0) is 9.68. The molecule has 13 heavy (non-hydrogen) atoms. The Morgan fingerprint density at radius 1 is 1.46 bits per heavy atom. The molecule has 4 heteroatoms. The van der Waals surface area contributed by atoms with Crippen molar-refractivity contribution in [1.82, 2.24) is 0 Å². The first-order chi connectivity index (χ1) is 6.27. The van der Waals surface area contributed by atoms with Gasteiger partial charge in [0.05, 0.1) is 18.0 Å². The predicted octanol–water partition coefficient (Wildman–Crippen LogP) is 1.14. The molecule has 0 saturated carbocycles. The van der Waals surface area contributed by atoms with Crippen molar-refractivity contribution < 1.29 is 9.50 Å². The van der Waals surface area contributed by atoms with Crippen LogP contribution < -0.4 is 11.1 Å². The van der Waals surface area contributed by atoms with Crippen LogP contribution in [-0.4, -0.2) is 18.3 Å². The van der Waals surface area contributed by atoms with Crippen molar-refractivity contribution in [2.45, 2.75) is 6.67 Å². The summed E-state index contributed by atoms with van der Waals surface area (Å²) in [5.41, 5.74) is 7.42. The number of nitrogen functional groups attached to an aromatic ring is 1. The summed E-state index contributed by atoms with van der Waals surface area (Å²) in [6.07, 6.45) is 0. The van der Waals surface area contributed by atoms with E-state index in [0.717, 1.165) is 5.69 Å². The number of aliphatic hydroxyl groups excluding tert-OH is 1. The minimum Gasteiger partial charge on any atom is -0.397 e. The van der Waals surface area contributed by atoms with Crippen LogP contribution in [0.2, 0.25) is 0 Å². The number of halogens is 1. The lowest BCUT2D eigenvalue weighted by Gasteiger charge is -2.08. The highest BCUT2D eigenvalue weighted by atomic mass is 19.1. The minimum atomic E-state index is -0.509. The van der Waals surface area contributed by atoms with Crippen molar-refractivity contribution in [3.63, 3.8) is 0 Å². The SMILES string of the molecule is Nc1cc(CF)ccc1NCCO. The van der Waals surface area contributed by atoms with E-state index in [4.69, 9.17) is 10.8 Å². The molecule has 0 spiro atoms. The molecule has 0 heterocycles. The predicted molar refractivity (Wildman–Crippen MR) is 51.2 cm³/mol. The molecule has 4 N–H and O–H groups in total. The van der Waals surface area contributed by atoms with E-state index in [9.17, 15) is 4.39 Å². The van der Waals surface area contributed by atoms with E-state index in [1.807, 2.05) is 0 Å². The van der Waals surface area contributed by atoms with Gasteiger partial charge in [0, 0.05) is 6.54 Å². The number of hydrogen-bond donors (Lipinski definition) is 3. The summed E-state index contributed by atoms with van der Waals surface area (Å²) in [7, 11) is 0. The molecule has 0 amide bonds. The smallest absolute Gasteiger partial charge is 0.115 e. The Balaban J connectivity index is 2.73. The normalized spacial score (nSPS) is 10.0. The van der Waals surface area contributed by atoms with Crippen LogP contribution in [0.3, 0.4) is 0 Å². The average molecular weight is 184 g/mol. The van der Waals surface area contributed by atoms with E-state index < -0.39 is 6.67 Å². The molecule has 0 aliphatic heterocycles. The van der Waals surface area contributed by atoms with Crippen LogP contribution in [-0.2, 0) is 6.67 Å². The molecular formula is C9H13FN2O. The Morgan fingerprint density at radius 2 is 2.23 bits per heavy atom. The molecule has 1 aromatic rings. The summed E-state index contributed by atoms with van der Waals surface area (Å²) in [4.78, 5) is 0. The fraction of sp³-hybridized carbons (Fsp3) is 0.333. The van der Waals surface area contributed by atoms with Gasteiger partial charge in [-0.1, -0.05) is 6.07 Å². The van der Waals surface area contributed by atoms with Crippen LogP contribution in [0.25, 0.3) is 0 Å². The minimum absolute atomic E-state index is 0.0459. The van der Waals surface area contributed by atoms with Gasteiger partial charge in [0.1, 0.15) is 6.67 Å². The van der Waals surface area contributed by atoms with Crippen LogP contribution in [0, 0.1) is 0 Å². The van der Waals surface area contributed by atoms with Crippen molar-refractivity contribution in [3.8, 4) is 0 Å². The van der Waals surface area contributed by atoms with E-state index in [-0.39, 0.29) is 6.61 Å². The van der Waals surface area contributed by atoms with Gasteiger partial charge in [-0.05, 0) is 17.7 Å². The summed E-state index contributed by atoms with van der Waals surface area (Å²) in [5.74, 6) is 0. The van der Waals surface area contributed by atoms with Gasteiger partial charge in [0.2, 0.25) is 0 Å². The van der Waals surface area contributed by atoms with Crippen molar-refractivity contribution >= 4 is 11.4 Å². The Morgan fingerprint density at radius 3 is 2.77 bits per heavy atom. The Bertz CT molecular complexity index is 278. The molecule has 1 rings (SSSR count). The molecule has 0 unspecified atom stereocenters. The lowest BCUT2D eigenvalue weighted by Crippen LogP contribution is -2.07. The summed E-state index contributed by atoms with van der Waals surface area (Å²) >= 11 is 0. The number of alkyl halides is 1. The first-order valence-electron chi connectivity index (χ1n) is 4.07. The second kappa shape index (κ2) is 4.67. The quantitative estimate of drug-likeness (QED) is 0.615. The standard InChI is InChI=1S/C9H13FN2O/c10-6-7-1-2-9(8(11)5-7)12-3-4-13/h1-2,5,12-13H,3-4,6,11H2. The van der Waals surface area contributed by atoms with Crippen molar-refractivity contribution in [2.75, 3.05) is 24.2 Å². The first-order valence-corrected chi connectivity index (χ1v) is 4.07. The lowest BCUT2D eigenvalue weighted by molar-refractivity contribution is 0.311. The number of nitrogens with two attached hydrogens (primary N) is 1. The Hall–Kier alpha value is -1.29. The van der Waals surface area contributed by atoms with E-state index in [1.165, 1.54) is 0 Å². The van der Waals surface area contributed by atoms with E-state index in [1.54, 1.807) is 18.2 Å². The summed E-state index contributed by atoms with van der Waals surface area (Å²) in [5, 5.41) is 11.5. The van der Waals surface area contributed by atoms with Gasteiger partial charge in [-0.3, -0.25) is 0 Å². The van der Waals surface area contributed by atoms with Crippen molar-refractivity contribution in [1.29, 1.82) is 0 Å². The third kappa shape index (κ3) is 2.59. The maximum atomic E-state index is 12.2. The van der Waals surface area contributed by atoms with Crippen LogP contribution in [0.1, 0.15) is 5.56 Å². The largest absolute Gasteiger partial charge is 0.397 e. The monoisotopic (exact) mass is 184 g/mol. The summed E-state index contributed by atoms with van der Waals surface area (Å²) in [6, 6.07) is 4.95. The molecule has 1 aromatic carbocycles. The van der Waals surface area contributed by atoms with Gasteiger partial charge >= 0.3 is 0 Å². The number of benzene rings is 1. The average Bonchev–Trinajstić information content (AvgIpc) is 2.16. The summed E-state index contributed by atoms with van der Waals surface area (Å²) in [6.45, 7) is -0.0199. The first kappa shape index (κ1) is 9.80. The molecule has 0 bridgehead atoms. The molecule has 72 valence electrons. The fourth-order valence-corrected chi connectivity index (χ4v) is 1.05. The number of hydrogen-bond acceptors (Lipinski definition) is 3. The van der Waals surface area contributed by atoms with Gasteiger partial charge in [-0.25, -0.2) is 4.39 Å². The zero-order valence-corrected chi connectivity index (χ0v) is 7.26. The summed E-state index contributed by atoms with van der Waals surface area (Å²) < 4.78 is 12.2. The number of nitrogens with one attached hydrogen (secondary N) is 1. The van der Waals surface area contributed by atoms with Crippen molar-refractivity contribution in [2.24, 2.45) is 0 Å². The highest BCUT2D eigenvalue weighted by Crippen LogP contribution is 2.19.